The molecule has 0 aromatic heterocycles. The minimum Gasteiger partial charge on any atom is -0.481 e. The molecule has 2 amide bonds. The lowest BCUT2D eigenvalue weighted by Gasteiger charge is -2.41. The number of urea groups is 1. The SMILES string of the molecule is CN(C(=O)N1CC(CC(=O)O)C1)C1CCCC1. The van der Waals surface area contributed by atoms with Crippen molar-refractivity contribution in [3.8, 4) is 0 Å². The molecule has 5 heteroatoms. The zero-order chi connectivity index (χ0) is 12.4. The second-order valence-electron chi connectivity index (χ2n) is 5.20. The first kappa shape index (κ1) is 12.2. The summed E-state index contributed by atoms with van der Waals surface area (Å²) in [5.74, 6) is -0.625. The van der Waals surface area contributed by atoms with Gasteiger partial charge < -0.3 is 14.9 Å². The Labute approximate surface area is 101 Å². The van der Waals surface area contributed by atoms with Crippen LogP contribution in [0.5, 0.6) is 0 Å². The number of nitrogens with zero attached hydrogens (tertiary/aromatic N) is 2. The summed E-state index contributed by atoms with van der Waals surface area (Å²) in [4.78, 5) is 26.1. The first-order valence-corrected chi connectivity index (χ1v) is 6.31. The van der Waals surface area contributed by atoms with Gasteiger partial charge in [-0.05, 0) is 12.8 Å². The molecule has 17 heavy (non-hydrogen) atoms. The van der Waals surface area contributed by atoms with Crippen LogP contribution in [0.4, 0.5) is 4.79 Å². The summed E-state index contributed by atoms with van der Waals surface area (Å²) in [6, 6.07) is 0.458. The van der Waals surface area contributed by atoms with E-state index in [9.17, 15) is 9.59 Å². The lowest BCUT2D eigenvalue weighted by molar-refractivity contribution is -0.139. The van der Waals surface area contributed by atoms with E-state index in [0.717, 1.165) is 12.8 Å². The quantitative estimate of drug-likeness (QED) is 0.810. The zero-order valence-corrected chi connectivity index (χ0v) is 10.3. The van der Waals surface area contributed by atoms with Gasteiger partial charge in [-0.25, -0.2) is 4.79 Å². The maximum absolute atomic E-state index is 12.0. The molecule has 2 fully saturated rings. The van der Waals surface area contributed by atoms with E-state index in [0.29, 0.717) is 19.1 Å². The fourth-order valence-electron chi connectivity index (χ4n) is 2.77. The fraction of sp³-hybridized carbons (Fsp3) is 0.833. The number of carboxylic acid groups (broad SMARTS) is 1. The second kappa shape index (κ2) is 4.94. The van der Waals surface area contributed by atoms with Gasteiger partial charge in [-0.2, -0.15) is 0 Å². The molecular weight excluding hydrogens is 220 g/mol. The van der Waals surface area contributed by atoms with E-state index in [1.54, 1.807) is 4.90 Å². The van der Waals surface area contributed by atoms with Crippen molar-refractivity contribution >= 4 is 12.0 Å². The van der Waals surface area contributed by atoms with E-state index in [-0.39, 0.29) is 18.4 Å². The van der Waals surface area contributed by atoms with Crippen LogP contribution in [0.15, 0.2) is 0 Å². The number of carbonyl (C=O) groups excluding carboxylic acids is 1. The van der Waals surface area contributed by atoms with Crippen LogP contribution in [0.2, 0.25) is 0 Å². The molecule has 96 valence electrons. The lowest BCUT2D eigenvalue weighted by Crippen LogP contribution is -2.56. The Morgan fingerprint density at radius 2 is 1.88 bits per heavy atom. The Balaban J connectivity index is 1.76. The van der Waals surface area contributed by atoms with E-state index in [2.05, 4.69) is 0 Å². The smallest absolute Gasteiger partial charge is 0.320 e. The van der Waals surface area contributed by atoms with Crippen molar-refractivity contribution in [3.63, 3.8) is 0 Å². The van der Waals surface area contributed by atoms with Crippen LogP contribution >= 0.6 is 0 Å². The van der Waals surface area contributed by atoms with Crippen molar-refractivity contribution in [2.75, 3.05) is 20.1 Å². The van der Waals surface area contributed by atoms with Crippen molar-refractivity contribution in [1.82, 2.24) is 9.80 Å². The van der Waals surface area contributed by atoms with Crippen LogP contribution in [0.3, 0.4) is 0 Å². The summed E-state index contributed by atoms with van der Waals surface area (Å²) in [7, 11) is 1.86. The van der Waals surface area contributed by atoms with E-state index in [1.807, 2.05) is 11.9 Å². The van der Waals surface area contributed by atoms with Gasteiger partial charge in [0.05, 0.1) is 6.42 Å². The molecule has 2 rings (SSSR count). The number of amides is 2. The van der Waals surface area contributed by atoms with Gasteiger partial charge in [-0.1, -0.05) is 12.8 Å². The Hall–Kier alpha value is -1.26. The molecular formula is C12H20N2O3. The summed E-state index contributed by atoms with van der Waals surface area (Å²) in [6.45, 7) is 1.20. The average Bonchev–Trinajstić information content (AvgIpc) is 2.73. The van der Waals surface area contributed by atoms with Crippen molar-refractivity contribution in [3.05, 3.63) is 0 Å². The minimum absolute atomic E-state index is 0.0681. The first-order valence-electron chi connectivity index (χ1n) is 6.31. The van der Waals surface area contributed by atoms with Crippen LogP contribution in [-0.4, -0.2) is 53.1 Å². The third-order valence-corrected chi connectivity index (χ3v) is 3.87. The third kappa shape index (κ3) is 2.70. The first-order chi connectivity index (χ1) is 8.08. The second-order valence-corrected chi connectivity index (χ2v) is 5.20. The van der Waals surface area contributed by atoms with Gasteiger partial charge in [0.1, 0.15) is 0 Å². The summed E-state index contributed by atoms with van der Waals surface area (Å²) in [5, 5.41) is 8.64. The van der Waals surface area contributed by atoms with Crippen LogP contribution < -0.4 is 0 Å². The van der Waals surface area contributed by atoms with Gasteiger partial charge in [-0.15, -0.1) is 0 Å². The predicted molar refractivity (Wildman–Crippen MR) is 62.7 cm³/mol. The molecule has 2 aliphatic rings. The molecule has 5 nitrogen and oxygen atoms in total. The van der Waals surface area contributed by atoms with E-state index in [4.69, 9.17) is 5.11 Å². The van der Waals surface area contributed by atoms with Gasteiger partial charge in [0.25, 0.3) is 0 Å². The van der Waals surface area contributed by atoms with Gasteiger partial charge >= 0.3 is 12.0 Å². The van der Waals surface area contributed by atoms with Gasteiger partial charge in [0, 0.05) is 32.1 Å². The molecule has 0 unspecified atom stereocenters. The summed E-state index contributed by atoms with van der Waals surface area (Å²) < 4.78 is 0. The third-order valence-electron chi connectivity index (χ3n) is 3.87. The van der Waals surface area contributed by atoms with Crippen LogP contribution in [0, 0.1) is 5.92 Å². The molecule has 0 aromatic carbocycles. The van der Waals surface area contributed by atoms with Crippen LogP contribution in [-0.2, 0) is 4.79 Å². The highest BCUT2D eigenvalue weighted by molar-refractivity contribution is 5.76. The van der Waals surface area contributed by atoms with Crippen LogP contribution in [0.25, 0.3) is 0 Å². The molecule has 1 aliphatic carbocycles. The maximum atomic E-state index is 12.0. The number of carbonyl (C=O) groups is 2. The number of hydrogen-bond donors (Lipinski definition) is 1. The van der Waals surface area contributed by atoms with Gasteiger partial charge in [-0.3, -0.25) is 4.79 Å². The van der Waals surface area contributed by atoms with Crippen molar-refractivity contribution in [1.29, 1.82) is 0 Å². The molecule has 1 saturated heterocycles. The number of likely N-dealkylation sites (tertiary alicyclic amines) is 1. The monoisotopic (exact) mass is 240 g/mol. The molecule has 0 radical (unpaired) electrons. The minimum atomic E-state index is -0.772. The Bertz CT molecular complexity index is 307. The molecule has 0 aromatic rings. The highest BCUT2D eigenvalue weighted by atomic mass is 16.4. The number of aliphatic carboxylic acids is 1. The largest absolute Gasteiger partial charge is 0.481 e. The highest BCUT2D eigenvalue weighted by Gasteiger charge is 2.35. The Kier molecular flexibility index (Phi) is 3.54. The topological polar surface area (TPSA) is 60.9 Å². The average molecular weight is 240 g/mol. The summed E-state index contributed by atoms with van der Waals surface area (Å²) in [6.07, 6.45) is 4.81. The van der Waals surface area contributed by atoms with Crippen molar-refractivity contribution in [2.45, 2.75) is 38.1 Å². The standard InChI is InChI=1S/C12H20N2O3/c1-13(10-4-2-3-5-10)12(17)14-7-9(8-14)6-11(15)16/h9-10H,2-8H2,1H3,(H,15,16). The molecule has 0 bridgehead atoms. The van der Waals surface area contributed by atoms with E-state index >= 15 is 0 Å². The zero-order valence-electron chi connectivity index (χ0n) is 10.3. The molecule has 1 saturated carbocycles. The number of hydrogen-bond acceptors (Lipinski definition) is 2. The molecule has 0 spiro atoms. The van der Waals surface area contributed by atoms with E-state index in [1.165, 1.54) is 12.8 Å². The van der Waals surface area contributed by atoms with Crippen LogP contribution in [0.1, 0.15) is 32.1 Å². The van der Waals surface area contributed by atoms with Gasteiger partial charge in [0.15, 0.2) is 0 Å². The Morgan fingerprint density at radius 1 is 1.29 bits per heavy atom. The summed E-state index contributed by atoms with van der Waals surface area (Å²) in [5.41, 5.74) is 0. The van der Waals surface area contributed by atoms with Crippen molar-refractivity contribution < 1.29 is 14.7 Å². The molecule has 1 N–H and O–H groups in total. The highest BCUT2D eigenvalue weighted by Crippen LogP contribution is 2.26. The van der Waals surface area contributed by atoms with E-state index < -0.39 is 5.97 Å². The number of rotatable bonds is 3. The molecule has 1 aliphatic heterocycles. The summed E-state index contributed by atoms with van der Waals surface area (Å²) >= 11 is 0. The van der Waals surface area contributed by atoms with Crippen molar-refractivity contribution in [2.24, 2.45) is 5.92 Å². The molecule has 0 atom stereocenters. The predicted octanol–water partition coefficient (Wildman–Crippen LogP) is 1.39. The molecule has 1 heterocycles. The number of carboxylic acids is 1. The van der Waals surface area contributed by atoms with Gasteiger partial charge in [0.2, 0.25) is 0 Å². The normalized spacial score (nSPS) is 21.4. The Morgan fingerprint density at radius 3 is 2.41 bits per heavy atom. The lowest BCUT2D eigenvalue weighted by atomic mass is 9.97. The fourth-order valence-corrected chi connectivity index (χ4v) is 2.77. The maximum Gasteiger partial charge on any atom is 0.320 e.